The Morgan fingerprint density at radius 1 is 0.935 bits per heavy atom. The summed E-state index contributed by atoms with van der Waals surface area (Å²) in [5, 5.41) is 2.79. The van der Waals surface area contributed by atoms with Crippen LogP contribution in [0.2, 0.25) is 0 Å². The molecule has 0 aliphatic rings. The lowest BCUT2D eigenvalue weighted by Crippen LogP contribution is -2.38. The Hall–Kier alpha value is -3.16. The zero-order chi connectivity index (χ0) is 22.4. The van der Waals surface area contributed by atoms with Crippen molar-refractivity contribution in [1.29, 1.82) is 0 Å². The van der Waals surface area contributed by atoms with Gasteiger partial charge in [0.15, 0.2) is 0 Å². The number of amides is 1. The molecule has 0 unspecified atom stereocenters. The number of sulfonamides is 1. The minimum atomic E-state index is -3.94. The van der Waals surface area contributed by atoms with Crippen molar-refractivity contribution < 1.29 is 17.9 Å². The predicted molar refractivity (Wildman–Crippen MR) is 123 cm³/mol. The van der Waals surface area contributed by atoms with Gasteiger partial charge in [-0.3, -0.25) is 9.10 Å². The van der Waals surface area contributed by atoms with Gasteiger partial charge in [0.2, 0.25) is 5.91 Å². The molecule has 7 heteroatoms. The number of carbonyl (C=O) groups excluding carboxylic acids is 1. The maximum atomic E-state index is 13.4. The Kier molecular flexibility index (Phi) is 7.09. The smallest absolute Gasteiger partial charge is 0.264 e. The van der Waals surface area contributed by atoms with Gasteiger partial charge in [-0.2, -0.15) is 0 Å². The molecule has 0 fully saturated rings. The van der Waals surface area contributed by atoms with Crippen LogP contribution in [0, 0.1) is 13.8 Å². The van der Waals surface area contributed by atoms with Crippen LogP contribution in [0.5, 0.6) is 0 Å². The molecule has 0 heterocycles. The molecule has 0 radical (unpaired) electrons. The number of anilines is 2. The first kappa shape index (κ1) is 22.5. The highest BCUT2D eigenvalue weighted by atomic mass is 32.2. The molecule has 1 amide bonds. The molecule has 31 heavy (non-hydrogen) atoms. The number of hydrogen-bond donors (Lipinski definition) is 1. The molecule has 6 nitrogen and oxygen atoms in total. The van der Waals surface area contributed by atoms with E-state index in [0.717, 1.165) is 21.0 Å². The number of ether oxygens (including phenoxy) is 1. The number of carbonyl (C=O) groups is 1. The van der Waals surface area contributed by atoms with Crippen molar-refractivity contribution in [3.63, 3.8) is 0 Å². The number of hydrogen-bond acceptors (Lipinski definition) is 4. The molecule has 162 valence electrons. The molecule has 0 atom stereocenters. The van der Waals surface area contributed by atoms with Crippen molar-refractivity contribution in [3.05, 3.63) is 89.5 Å². The van der Waals surface area contributed by atoms with Crippen LogP contribution in [-0.4, -0.2) is 28.0 Å². The van der Waals surface area contributed by atoms with Gasteiger partial charge in [-0.25, -0.2) is 8.42 Å². The Morgan fingerprint density at radius 3 is 2.26 bits per heavy atom. The Balaban J connectivity index is 1.93. The fourth-order valence-corrected chi connectivity index (χ4v) is 4.79. The number of nitrogens with zero attached hydrogens (tertiary/aromatic N) is 1. The Morgan fingerprint density at radius 2 is 1.61 bits per heavy atom. The molecule has 0 spiro atoms. The highest BCUT2D eigenvalue weighted by molar-refractivity contribution is 7.92. The number of benzene rings is 3. The van der Waals surface area contributed by atoms with Gasteiger partial charge in [-0.05, 0) is 66.9 Å². The van der Waals surface area contributed by atoms with Crippen molar-refractivity contribution in [2.75, 3.05) is 23.3 Å². The zero-order valence-corrected chi connectivity index (χ0v) is 18.6. The minimum Gasteiger partial charge on any atom is -0.380 e. The van der Waals surface area contributed by atoms with E-state index in [9.17, 15) is 13.2 Å². The van der Waals surface area contributed by atoms with E-state index in [4.69, 9.17) is 4.74 Å². The van der Waals surface area contributed by atoms with E-state index in [1.54, 1.807) is 49.6 Å². The van der Waals surface area contributed by atoms with Crippen molar-refractivity contribution in [2.24, 2.45) is 0 Å². The van der Waals surface area contributed by atoms with Crippen LogP contribution in [0.25, 0.3) is 0 Å². The topological polar surface area (TPSA) is 75.7 Å². The summed E-state index contributed by atoms with van der Waals surface area (Å²) < 4.78 is 33.1. The molecule has 3 aromatic carbocycles. The molecular weight excluding hydrogens is 412 g/mol. The quantitative estimate of drug-likeness (QED) is 0.569. The highest BCUT2D eigenvalue weighted by Gasteiger charge is 2.27. The fourth-order valence-electron chi connectivity index (χ4n) is 3.37. The Bertz CT molecular complexity index is 1140. The molecule has 0 aliphatic carbocycles. The van der Waals surface area contributed by atoms with Crippen LogP contribution in [0.3, 0.4) is 0 Å². The van der Waals surface area contributed by atoms with Gasteiger partial charge in [-0.15, -0.1) is 0 Å². The predicted octanol–water partition coefficient (Wildman–Crippen LogP) is 4.28. The lowest BCUT2D eigenvalue weighted by Gasteiger charge is -2.25. The number of methoxy groups -OCH3 is 1. The molecule has 0 bridgehead atoms. The van der Waals surface area contributed by atoms with Crippen LogP contribution < -0.4 is 9.62 Å². The first-order valence-electron chi connectivity index (χ1n) is 9.83. The lowest BCUT2D eigenvalue weighted by molar-refractivity contribution is -0.114. The summed E-state index contributed by atoms with van der Waals surface area (Å²) in [6, 6.07) is 20.9. The third-order valence-electron chi connectivity index (χ3n) is 4.63. The summed E-state index contributed by atoms with van der Waals surface area (Å²) in [4.78, 5) is 13.0. The summed E-state index contributed by atoms with van der Waals surface area (Å²) in [6.45, 7) is 3.85. The fraction of sp³-hybridized carbons (Fsp3) is 0.208. The van der Waals surface area contributed by atoms with Crippen LogP contribution in [0.1, 0.15) is 16.7 Å². The van der Waals surface area contributed by atoms with Crippen molar-refractivity contribution in [3.8, 4) is 0 Å². The second kappa shape index (κ2) is 9.76. The van der Waals surface area contributed by atoms with E-state index in [0.29, 0.717) is 18.0 Å². The largest absolute Gasteiger partial charge is 0.380 e. The highest BCUT2D eigenvalue weighted by Crippen LogP contribution is 2.26. The van der Waals surface area contributed by atoms with E-state index < -0.39 is 15.9 Å². The Labute approximate surface area is 183 Å². The van der Waals surface area contributed by atoms with Gasteiger partial charge in [0.05, 0.1) is 17.2 Å². The van der Waals surface area contributed by atoms with Gasteiger partial charge in [-0.1, -0.05) is 36.4 Å². The number of nitrogens with one attached hydrogen (secondary N) is 1. The van der Waals surface area contributed by atoms with Gasteiger partial charge >= 0.3 is 0 Å². The van der Waals surface area contributed by atoms with E-state index in [-0.39, 0.29) is 11.4 Å². The van der Waals surface area contributed by atoms with Gasteiger partial charge in [0.1, 0.15) is 6.54 Å². The molecule has 3 aromatic rings. The summed E-state index contributed by atoms with van der Waals surface area (Å²) in [5.41, 5.74) is 3.76. The van der Waals surface area contributed by atoms with Crippen LogP contribution >= 0.6 is 0 Å². The van der Waals surface area contributed by atoms with E-state index in [2.05, 4.69) is 5.32 Å². The van der Waals surface area contributed by atoms with Gasteiger partial charge < -0.3 is 10.1 Å². The summed E-state index contributed by atoms with van der Waals surface area (Å²) in [6.07, 6.45) is 0. The monoisotopic (exact) mass is 438 g/mol. The van der Waals surface area contributed by atoms with E-state index in [1.807, 2.05) is 32.0 Å². The van der Waals surface area contributed by atoms with Crippen LogP contribution in [0.4, 0.5) is 11.4 Å². The third kappa shape index (κ3) is 5.71. The molecule has 0 saturated heterocycles. The average molecular weight is 439 g/mol. The first-order valence-corrected chi connectivity index (χ1v) is 11.3. The molecule has 0 aliphatic heterocycles. The molecular formula is C24H26N2O4S. The first-order chi connectivity index (χ1) is 14.8. The van der Waals surface area contributed by atoms with Crippen LogP contribution in [0.15, 0.2) is 77.7 Å². The average Bonchev–Trinajstić information content (AvgIpc) is 2.72. The second-order valence-corrected chi connectivity index (χ2v) is 9.21. The normalized spacial score (nSPS) is 11.2. The summed E-state index contributed by atoms with van der Waals surface area (Å²) in [7, 11) is -2.34. The van der Waals surface area contributed by atoms with Gasteiger partial charge in [0.25, 0.3) is 10.0 Å². The SMILES string of the molecule is COCc1cccc(NC(=O)CN(c2cc(C)cc(C)c2)S(=O)(=O)c2ccccc2)c1. The van der Waals surface area contributed by atoms with Crippen molar-refractivity contribution in [2.45, 2.75) is 25.3 Å². The van der Waals surface area contributed by atoms with Crippen molar-refractivity contribution in [1.82, 2.24) is 0 Å². The van der Waals surface area contributed by atoms with Crippen LogP contribution in [-0.2, 0) is 26.2 Å². The molecule has 1 N–H and O–H groups in total. The van der Waals surface area contributed by atoms with E-state index in [1.165, 1.54) is 12.1 Å². The third-order valence-corrected chi connectivity index (χ3v) is 6.42. The van der Waals surface area contributed by atoms with Gasteiger partial charge in [0, 0.05) is 12.8 Å². The van der Waals surface area contributed by atoms with Crippen molar-refractivity contribution >= 4 is 27.3 Å². The number of aryl methyl sites for hydroxylation is 2. The minimum absolute atomic E-state index is 0.129. The number of rotatable bonds is 8. The molecule has 3 rings (SSSR count). The summed E-state index contributed by atoms with van der Waals surface area (Å²) >= 11 is 0. The van der Waals surface area contributed by atoms with E-state index >= 15 is 0 Å². The molecule has 0 aromatic heterocycles. The molecule has 0 saturated carbocycles. The summed E-state index contributed by atoms with van der Waals surface area (Å²) in [5.74, 6) is -0.437. The standard InChI is InChI=1S/C24H26N2O4S/c1-18-12-19(2)14-22(13-18)26(31(28,29)23-10-5-4-6-11-23)16-24(27)25-21-9-7-8-20(15-21)17-30-3/h4-15H,16-17H2,1-3H3,(H,25,27). The maximum Gasteiger partial charge on any atom is 0.264 e. The maximum absolute atomic E-state index is 13.4. The zero-order valence-electron chi connectivity index (χ0n) is 17.8. The second-order valence-electron chi connectivity index (χ2n) is 7.35. The lowest BCUT2D eigenvalue weighted by atomic mass is 10.1.